The summed E-state index contributed by atoms with van der Waals surface area (Å²) in [4.78, 5) is 11.8. The van der Waals surface area contributed by atoms with Gasteiger partial charge in [-0.15, -0.1) is 10.2 Å². The fourth-order valence-corrected chi connectivity index (χ4v) is 4.23. The quantitative estimate of drug-likeness (QED) is 0.746. The molecule has 0 aromatic carbocycles. The van der Waals surface area contributed by atoms with Crippen molar-refractivity contribution >= 4 is 21.5 Å². The van der Waals surface area contributed by atoms with Crippen LogP contribution in [0.15, 0.2) is 18.2 Å². The molecule has 0 radical (unpaired) electrons. The van der Waals surface area contributed by atoms with E-state index >= 15 is 0 Å². The number of carbonyl (C=O) groups is 1. The van der Waals surface area contributed by atoms with Crippen LogP contribution in [0.5, 0.6) is 0 Å². The third-order valence-electron chi connectivity index (χ3n) is 3.45. The number of rotatable bonds is 2. The van der Waals surface area contributed by atoms with Crippen LogP contribution in [0.1, 0.15) is 28.7 Å². The maximum absolute atomic E-state index is 11.8. The summed E-state index contributed by atoms with van der Waals surface area (Å²) in [5.74, 6) is -0.0450. The van der Waals surface area contributed by atoms with Crippen LogP contribution in [0.25, 0.3) is 5.65 Å². The van der Waals surface area contributed by atoms with Crippen LogP contribution >= 0.6 is 0 Å². The number of pyridine rings is 1. The highest BCUT2D eigenvalue weighted by Crippen LogP contribution is 2.28. The van der Waals surface area contributed by atoms with Gasteiger partial charge < -0.3 is 4.74 Å². The van der Waals surface area contributed by atoms with Crippen LogP contribution in [0.4, 0.5) is 0 Å². The van der Waals surface area contributed by atoms with Crippen molar-refractivity contribution in [1.82, 2.24) is 14.6 Å². The number of fused-ring (bicyclic) bond motifs is 1. The second-order valence-electron chi connectivity index (χ2n) is 4.75. The molecule has 0 bridgehead atoms. The topological polar surface area (TPSA) is 90.6 Å². The van der Waals surface area contributed by atoms with E-state index in [1.807, 2.05) is 0 Å². The van der Waals surface area contributed by atoms with E-state index in [-0.39, 0.29) is 17.4 Å². The number of hydrogen-bond acceptors (Lipinski definition) is 6. The summed E-state index contributed by atoms with van der Waals surface area (Å²) in [5.41, 5.74) is 0.807. The van der Waals surface area contributed by atoms with Gasteiger partial charge in [0.25, 0.3) is 0 Å². The van der Waals surface area contributed by atoms with Gasteiger partial charge in [-0.2, -0.15) is 0 Å². The lowest BCUT2D eigenvalue weighted by atomic mass is 10.1. The van der Waals surface area contributed by atoms with Gasteiger partial charge in [-0.25, -0.2) is 13.2 Å². The molecule has 1 saturated heterocycles. The Balaban J connectivity index is 2.15. The molecule has 0 saturated carbocycles. The highest BCUT2D eigenvalue weighted by Gasteiger charge is 2.33. The molecule has 1 fully saturated rings. The van der Waals surface area contributed by atoms with E-state index in [2.05, 4.69) is 10.2 Å². The third-order valence-corrected chi connectivity index (χ3v) is 5.21. The molecule has 8 heteroatoms. The van der Waals surface area contributed by atoms with Gasteiger partial charge in [-0.05, 0) is 18.6 Å². The average Bonchev–Trinajstić information content (AvgIpc) is 3.00. The van der Waals surface area contributed by atoms with Crippen molar-refractivity contribution in [2.75, 3.05) is 18.6 Å². The molecule has 3 heterocycles. The molecule has 3 rings (SSSR count). The summed E-state index contributed by atoms with van der Waals surface area (Å²) in [7, 11) is -1.73. The Hall–Kier alpha value is -1.96. The lowest BCUT2D eigenvalue weighted by Gasteiger charge is -2.09. The number of carbonyl (C=O) groups excluding carboxylic acids is 1. The van der Waals surface area contributed by atoms with E-state index in [9.17, 15) is 13.2 Å². The van der Waals surface area contributed by atoms with E-state index in [0.717, 1.165) is 0 Å². The van der Waals surface area contributed by atoms with Gasteiger partial charge in [0.05, 0.1) is 18.6 Å². The predicted molar refractivity (Wildman–Crippen MR) is 70.3 cm³/mol. The van der Waals surface area contributed by atoms with Crippen LogP contribution in [0, 0.1) is 0 Å². The van der Waals surface area contributed by atoms with Crippen molar-refractivity contribution in [3.63, 3.8) is 0 Å². The van der Waals surface area contributed by atoms with Gasteiger partial charge in [-0.3, -0.25) is 4.40 Å². The van der Waals surface area contributed by atoms with Crippen LogP contribution < -0.4 is 0 Å². The van der Waals surface area contributed by atoms with Gasteiger partial charge in [-0.1, -0.05) is 6.07 Å². The fraction of sp³-hybridized carbons (Fsp3) is 0.417. The number of hydrogen-bond donors (Lipinski definition) is 0. The first-order valence-corrected chi connectivity index (χ1v) is 7.97. The highest BCUT2D eigenvalue weighted by molar-refractivity contribution is 7.91. The average molecular weight is 295 g/mol. The summed E-state index contributed by atoms with van der Waals surface area (Å²) in [6.07, 6.45) is 0.499. The molecule has 1 atom stereocenters. The van der Waals surface area contributed by atoms with Crippen molar-refractivity contribution in [3.05, 3.63) is 29.7 Å². The Morgan fingerprint density at radius 1 is 1.40 bits per heavy atom. The maximum Gasteiger partial charge on any atom is 0.355 e. The zero-order valence-electron chi connectivity index (χ0n) is 10.8. The van der Waals surface area contributed by atoms with Crippen LogP contribution in [0.3, 0.4) is 0 Å². The molecule has 0 spiro atoms. The van der Waals surface area contributed by atoms with Crippen LogP contribution in [-0.4, -0.2) is 47.6 Å². The van der Waals surface area contributed by atoms with Gasteiger partial charge in [0.2, 0.25) is 0 Å². The molecule has 0 N–H and O–H groups in total. The molecule has 1 unspecified atom stereocenters. The van der Waals surface area contributed by atoms with Crippen molar-refractivity contribution in [2.45, 2.75) is 12.3 Å². The first kappa shape index (κ1) is 13.0. The Morgan fingerprint density at radius 2 is 2.20 bits per heavy atom. The normalized spacial score (nSPS) is 21.1. The van der Waals surface area contributed by atoms with Gasteiger partial charge in [0, 0.05) is 5.92 Å². The minimum absolute atomic E-state index is 0.0449. The minimum atomic E-state index is -3.03. The van der Waals surface area contributed by atoms with E-state index in [1.54, 1.807) is 22.6 Å². The molecule has 0 aliphatic carbocycles. The number of esters is 1. The Kier molecular flexibility index (Phi) is 2.97. The van der Waals surface area contributed by atoms with E-state index in [0.29, 0.717) is 23.6 Å². The first-order valence-electron chi connectivity index (χ1n) is 6.14. The summed E-state index contributed by atoms with van der Waals surface area (Å²) >= 11 is 0. The summed E-state index contributed by atoms with van der Waals surface area (Å²) in [6, 6.07) is 5.01. The van der Waals surface area contributed by atoms with Gasteiger partial charge in [0.1, 0.15) is 11.5 Å². The third kappa shape index (κ3) is 2.05. The minimum Gasteiger partial charge on any atom is -0.464 e. The largest absolute Gasteiger partial charge is 0.464 e. The van der Waals surface area contributed by atoms with E-state index in [4.69, 9.17) is 4.74 Å². The molecule has 2 aromatic heterocycles. The molecular formula is C12H13N3O4S. The van der Waals surface area contributed by atoms with Crippen LogP contribution in [0.2, 0.25) is 0 Å². The smallest absolute Gasteiger partial charge is 0.355 e. The number of sulfone groups is 1. The van der Waals surface area contributed by atoms with Crippen molar-refractivity contribution in [2.24, 2.45) is 0 Å². The van der Waals surface area contributed by atoms with Crippen molar-refractivity contribution in [1.29, 1.82) is 0 Å². The van der Waals surface area contributed by atoms with Gasteiger partial charge in [0.15, 0.2) is 15.5 Å². The highest BCUT2D eigenvalue weighted by atomic mass is 32.2. The van der Waals surface area contributed by atoms with E-state index in [1.165, 1.54) is 7.11 Å². The Bertz CT molecular complexity index is 781. The molecular weight excluding hydrogens is 282 g/mol. The first-order chi connectivity index (χ1) is 9.52. The number of aromatic nitrogens is 3. The van der Waals surface area contributed by atoms with Gasteiger partial charge >= 0.3 is 5.97 Å². The molecule has 20 heavy (non-hydrogen) atoms. The summed E-state index contributed by atoms with van der Waals surface area (Å²) in [6.45, 7) is 0. The summed E-state index contributed by atoms with van der Waals surface area (Å²) in [5, 5.41) is 8.06. The maximum atomic E-state index is 11.8. The molecule has 0 amide bonds. The molecule has 7 nitrogen and oxygen atoms in total. The molecule has 106 valence electrons. The zero-order valence-corrected chi connectivity index (χ0v) is 11.6. The monoisotopic (exact) mass is 295 g/mol. The van der Waals surface area contributed by atoms with Crippen LogP contribution in [-0.2, 0) is 14.6 Å². The Labute approximate surface area is 115 Å². The summed E-state index contributed by atoms with van der Waals surface area (Å²) < 4.78 is 29.5. The standard InChI is InChI=1S/C12H13N3O4S/c1-19-12(16)9-3-2-4-10-13-14-11(15(9)10)8-5-6-20(17,18)7-8/h2-4,8H,5-7H2,1H3. The number of nitrogens with zero attached hydrogens (tertiary/aromatic N) is 3. The second kappa shape index (κ2) is 4.55. The number of methoxy groups -OCH3 is 1. The van der Waals surface area contributed by atoms with E-state index < -0.39 is 15.8 Å². The molecule has 1 aliphatic rings. The molecule has 2 aromatic rings. The Morgan fingerprint density at radius 3 is 2.85 bits per heavy atom. The number of ether oxygens (including phenoxy) is 1. The fourth-order valence-electron chi connectivity index (χ4n) is 2.49. The zero-order chi connectivity index (χ0) is 14.3. The predicted octanol–water partition coefficient (Wildman–Crippen LogP) is 0.418. The lowest BCUT2D eigenvalue weighted by molar-refractivity contribution is 0.0592. The SMILES string of the molecule is COC(=O)c1cccc2nnc(C3CCS(=O)(=O)C3)n12. The second-order valence-corrected chi connectivity index (χ2v) is 6.98. The van der Waals surface area contributed by atoms with Crippen molar-refractivity contribution < 1.29 is 17.9 Å². The molecule has 1 aliphatic heterocycles. The lowest BCUT2D eigenvalue weighted by Crippen LogP contribution is -2.13. The van der Waals surface area contributed by atoms with Crippen molar-refractivity contribution in [3.8, 4) is 0 Å².